The molecule has 1 amide bonds. The highest BCUT2D eigenvalue weighted by atomic mass is 19.1. The van der Waals surface area contributed by atoms with Gasteiger partial charge in [-0.15, -0.1) is 0 Å². The Morgan fingerprint density at radius 3 is 2.34 bits per heavy atom. The zero-order valence-electron chi connectivity index (χ0n) is 38.8. The first-order valence-corrected chi connectivity index (χ1v) is 23.1. The molecule has 3 aliphatic heterocycles. The smallest absolute Gasteiger partial charge is 0.376 e. The van der Waals surface area contributed by atoms with Crippen LogP contribution in [0.25, 0.3) is 39.0 Å². The monoisotopic (exact) mass is 924 g/mol. The van der Waals surface area contributed by atoms with Gasteiger partial charge < -0.3 is 18.9 Å². The van der Waals surface area contributed by atoms with Crippen molar-refractivity contribution in [2.24, 2.45) is 13.0 Å². The lowest BCUT2D eigenvalue weighted by Crippen LogP contribution is -2.67. The van der Waals surface area contributed by atoms with Gasteiger partial charge in [-0.25, -0.2) is 23.1 Å². The summed E-state index contributed by atoms with van der Waals surface area (Å²) in [6.45, 7) is 12.7. The molecule has 18 heteroatoms. The van der Waals surface area contributed by atoms with Crippen molar-refractivity contribution in [3.63, 3.8) is 0 Å². The van der Waals surface area contributed by atoms with Crippen LogP contribution in [0.3, 0.4) is 0 Å². The number of imidazole rings is 1. The standard InChI is InChI=1S/C50H50F2N10O6/c1-26-16-33(17-27(2)41(26)51)62-43(59-14-13-58(47(59)65)38-11-10-37-34(42(38)52)23-53-57(37)7)40-29(4)60(49(24-66-25-49)22-35(40)55-62)44(63)39-19-32-18-30(31-12-15-67-48(5,6)21-31)8-9-36(32)61(39)50(20-28(50)3)45-54-46(64)68-56-45/h8-11,13-14,16-19,23,28-29,31H,12,15,20-22,24-25H2,1-7H3,(H,54,56,64)/t28-,29-,31-,50-/m0/s1. The molecule has 1 spiro atoms. The molecule has 16 nitrogen and oxygen atoms in total. The summed E-state index contributed by atoms with van der Waals surface area (Å²) in [5.74, 6) is -1.05. The molecule has 3 fully saturated rings. The summed E-state index contributed by atoms with van der Waals surface area (Å²) in [5, 5.41) is 14.7. The van der Waals surface area contributed by atoms with Crippen molar-refractivity contribution in [2.75, 3.05) is 19.8 Å². The van der Waals surface area contributed by atoms with Gasteiger partial charge in [0.15, 0.2) is 11.6 Å². The summed E-state index contributed by atoms with van der Waals surface area (Å²) in [5.41, 5.74) is 2.88. The third-order valence-corrected chi connectivity index (χ3v) is 15.3. The first-order chi connectivity index (χ1) is 32.5. The van der Waals surface area contributed by atoms with Gasteiger partial charge in [-0.1, -0.05) is 18.1 Å². The van der Waals surface area contributed by atoms with Crippen LogP contribution in [0, 0.1) is 31.4 Å². The molecule has 0 unspecified atom stereocenters. The largest absolute Gasteiger partial charge is 0.438 e. The number of benzene rings is 3. The molecular weight excluding hydrogens is 875 g/mol. The summed E-state index contributed by atoms with van der Waals surface area (Å²) in [4.78, 5) is 48.2. The van der Waals surface area contributed by atoms with Gasteiger partial charge in [-0.05, 0) is 125 Å². The number of H-pyrrole nitrogens is 1. The number of aryl methyl sites for hydroxylation is 3. The molecule has 8 aromatic rings. The van der Waals surface area contributed by atoms with Crippen molar-refractivity contribution in [1.29, 1.82) is 0 Å². The van der Waals surface area contributed by atoms with Gasteiger partial charge in [0.25, 0.3) is 5.91 Å². The molecule has 1 N–H and O–H groups in total. The molecule has 12 rings (SSSR count). The maximum atomic E-state index is 16.3. The molecule has 0 radical (unpaired) electrons. The minimum absolute atomic E-state index is 0.0279. The summed E-state index contributed by atoms with van der Waals surface area (Å²) in [6.07, 6.45) is 7.07. The van der Waals surface area contributed by atoms with E-state index in [1.807, 2.05) is 22.5 Å². The minimum atomic E-state index is -0.896. The maximum Gasteiger partial charge on any atom is 0.438 e. The number of fused-ring (bicyclic) bond motifs is 3. The Morgan fingerprint density at radius 1 is 0.926 bits per heavy atom. The van der Waals surface area contributed by atoms with Gasteiger partial charge in [0.05, 0.1) is 64.6 Å². The lowest BCUT2D eigenvalue weighted by Gasteiger charge is -2.54. The number of nitrogens with one attached hydrogen (secondary N) is 1. The van der Waals surface area contributed by atoms with Crippen LogP contribution >= 0.6 is 0 Å². The van der Waals surface area contributed by atoms with E-state index in [1.165, 1.54) is 21.5 Å². The topological polar surface area (TPSA) is 165 Å². The molecule has 4 aliphatic rings. The highest BCUT2D eigenvalue weighted by Crippen LogP contribution is 2.56. The quantitative estimate of drug-likeness (QED) is 0.174. The number of aromatic nitrogens is 9. The first kappa shape index (κ1) is 42.4. The molecular formula is C50H50F2N10O6. The summed E-state index contributed by atoms with van der Waals surface area (Å²) in [6, 6.07) is 14.2. The van der Waals surface area contributed by atoms with Gasteiger partial charge in [0, 0.05) is 48.9 Å². The van der Waals surface area contributed by atoms with E-state index in [2.05, 4.69) is 54.2 Å². The first-order valence-electron chi connectivity index (χ1n) is 23.1. The van der Waals surface area contributed by atoms with E-state index in [1.54, 1.807) is 60.7 Å². The second kappa shape index (κ2) is 14.5. The molecule has 0 bridgehead atoms. The summed E-state index contributed by atoms with van der Waals surface area (Å²) >= 11 is 0. The van der Waals surface area contributed by atoms with E-state index in [4.69, 9.17) is 19.1 Å². The SMILES string of the molecule is Cc1cc(-n2nc3c(c2-n2ccn(-c4ccc5c(cnn5C)c4F)c2=O)[C@H](C)N(C(=O)c2cc4cc([C@H]5CCOC(C)(C)C5)ccc4n2[C@@]2(c4noc(=O)[nH]4)C[C@@H]2C)C2(COC2)C3)cc(C)c1F. The molecule has 1 saturated carbocycles. The predicted octanol–water partition coefficient (Wildman–Crippen LogP) is 7.21. The van der Waals surface area contributed by atoms with Crippen LogP contribution in [0.5, 0.6) is 0 Å². The van der Waals surface area contributed by atoms with Crippen molar-refractivity contribution in [1.82, 2.24) is 48.3 Å². The van der Waals surface area contributed by atoms with E-state index in [-0.39, 0.29) is 59.9 Å². The number of nitrogens with zero attached hydrogens (tertiary/aromatic N) is 9. The molecule has 1 aliphatic carbocycles. The average molecular weight is 925 g/mol. The Kier molecular flexibility index (Phi) is 9.08. The number of carbonyl (C=O) groups excluding carboxylic acids is 1. The van der Waals surface area contributed by atoms with E-state index < -0.39 is 34.4 Å². The van der Waals surface area contributed by atoms with Gasteiger partial charge >= 0.3 is 11.4 Å². The number of ether oxygens (including phenoxy) is 2. The summed E-state index contributed by atoms with van der Waals surface area (Å²) < 4.78 is 56.5. The van der Waals surface area contributed by atoms with Crippen LogP contribution in [-0.2, 0) is 28.5 Å². The van der Waals surface area contributed by atoms with E-state index in [0.717, 1.165) is 29.3 Å². The van der Waals surface area contributed by atoms with Crippen molar-refractivity contribution >= 4 is 27.7 Å². The number of rotatable bonds is 7. The fourth-order valence-corrected chi connectivity index (χ4v) is 11.8. The number of hydrogen-bond donors (Lipinski definition) is 1. The Bertz CT molecular complexity index is 3520. The number of carbonyl (C=O) groups is 1. The Balaban J connectivity index is 1.04. The molecule has 68 heavy (non-hydrogen) atoms. The van der Waals surface area contributed by atoms with Crippen LogP contribution in [0.15, 0.2) is 81.2 Å². The number of halogens is 2. The summed E-state index contributed by atoms with van der Waals surface area (Å²) in [7, 11) is 1.72. The van der Waals surface area contributed by atoms with Crippen LogP contribution in [0.2, 0.25) is 0 Å². The van der Waals surface area contributed by atoms with Gasteiger partial charge in [0.2, 0.25) is 0 Å². The van der Waals surface area contributed by atoms with Crippen molar-refractivity contribution < 1.29 is 27.6 Å². The molecule has 5 aromatic heterocycles. The third-order valence-electron chi connectivity index (χ3n) is 15.3. The Hall–Kier alpha value is -6.92. The van der Waals surface area contributed by atoms with Gasteiger partial charge in [0.1, 0.15) is 22.9 Å². The van der Waals surface area contributed by atoms with Gasteiger partial charge in [-0.2, -0.15) is 10.2 Å². The molecule has 350 valence electrons. The van der Waals surface area contributed by atoms with Gasteiger partial charge in [-0.3, -0.25) is 28.1 Å². The maximum absolute atomic E-state index is 16.3. The highest BCUT2D eigenvalue weighted by molar-refractivity contribution is 6.00. The van der Waals surface area contributed by atoms with Crippen molar-refractivity contribution in [3.05, 3.63) is 139 Å². The number of aromatic amines is 1. The predicted molar refractivity (Wildman–Crippen MR) is 246 cm³/mol. The minimum Gasteiger partial charge on any atom is -0.376 e. The van der Waals surface area contributed by atoms with E-state index >= 15 is 13.6 Å². The Labute approximate surface area is 387 Å². The fourth-order valence-electron chi connectivity index (χ4n) is 11.8. The lowest BCUT2D eigenvalue weighted by atomic mass is 9.80. The van der Waals surface area contributed by atoms with Crippen LogP contribution < -0.4 is 11.4 Å². The third kappa shape index (κ3) is 6.01. The van der Waals surface area contributed by atoms with Crippen LogP contribution in [0.4, 0.5) is 8.78 Å². The lowest BCUT2D eigenvalue weighted by molar-refractivity contribution is -0.141. The highest BCUT2D eigenvalue weighted by Gasteiger charge is 2.60. The van der Waals surface area contributed by atoms with E-state index in [9.17, 15) is 9.59 Å². The van der Waals surface area contributed by atoms with E-state index in [0.29, 0.717) is 64.0 Å². The Morgan fingerprint density at radius 2 is 1.66 bits per heavy atom. The zero-order chi connectivity index (χ0) is 47.3. The van der Waals surface area contributed by atoms with Crippen molar-refractivity contribution in [3.8, 4) is 17.2 Å². The zero-order valence-corrected chi connectivity index (χ0v) is 38.8. The molecule has 4 atom stereocenters. The van der Waals surface area contributed by atoms with Crippen LogP contribution in [0.1, 0.15) is 103 Å². The molecule has 8 heterocycles. The number of hydrogen-bond acceptors (Lipinski definition) is 9. The normalized spacial score (nSPS) is 22.8. The number of amides is 1. The fraction of sp³-hybridized carbons (Fsp3) is 0.400. The second-order valence-corrected chi connectivity index (χ2v) is 20.1. The average Bonchev–Trinajstić information content (AvgIpc) is 3.92. The van der Waals surface area contributed by atoms with Crippen molar-refractivity contribution in [2.45, 2.75) is 95.9 Å². The molecule has 3 aromatic carbocycles. The second-order valence-electron chi connectivity index (χ2n) is 20.1. The van der Waals surface area contributed by atoms with Crippen LogP contribution in [-0.4, -0.2) is 85.2 Å². The molecule has 2 saturated heterocycles.